The van der Waals surface area contributed by atoms with Crippen molar-refractivity contribution in [3.8, 4) is 0 Å². The molecule has 3 fully saturated rings. The highest BCUT2D eigenvalue weighted by atomic mass is 32.1. The molecule has 2 heterocycles. The number of thiophene rings is 1. The van der Waals surface area contributed by atoms with Crippen LogP contribution in [0.2, 0.25) is 0 Å². The SMILES string of the molecule is NC[C@H]1CCC[C@H]1C(=O)N(Cc1ccsc1)C1CC12CCNCC2. The number of amides is 1. The Bertz CT molecular complexity index is 567. The van der Waals surface area contributed by atoms with Crippen LogP contribution >= 0.6 is 11.3 Å². The third-order valence-corrected chi connectivity index (χ3v) is 7.35. The third kappa shape index (κ3) is 3.02. The van der Waals surface area contributed by atoms with Crippen molar-refractivity contribution in [1.29, 1.82) is 0 Å². The smallest absolute Gasteiger partial charge is 0.226 e. The van der Waals surface area contributed by atoms with E-state index in [1.54, 1.807) is 11.3 Å². The standard InChI is InChI=1S/C19H29N3OS/c20-11-15-2-1-3-16(15)18(23)22(12-14-4-9-24-13-14)17-10-19(17)5-7-21-8-6-19/h4,9,13,15-17,21H,1-3,5-8,10-12,20H2/t15-,16-,17?/m1/s1. The number of nitrogens with zero attached hydrogens (tertiary/aromatic N) is 1. The molecule has 4 rings (SSSR count). The summed E-state index contributed by atoms with van der Waals surface area (Å²) in [7, 11) is 0. The van der Waals surface area contributed by atoms with Crippen LogP contribution < -0.4 is 11.1 Å². The highest BCUT2D eigenvalue weighted by molar-refractivity contribution is 7.07. The average Bonchev–Trinajstić information content (AvgIpc) is 3.05. The van der Waals surface area contributed by atoms with Crippen LogP contribution in [0.25, 0.3) is 0 Å². The van der Waals surface area contributed by atoms with Gasteiger partial charge in [-0.2, -0.15) is 11.3 Å². The first-order chi connectivity index (χ1) is 11.7. The van der Waals surface area contributed by atoms with Crippen molar-refractivity contribution < 1.29 is 4.79 Å². The minimum Gasteiger partial charge on any atom is -0.335 e. The van der Waals surface area contributed by atoms with Gasteiger partial charge < -0.3 is 16.0 Å². The van der Waals surface area contributed by atoms with Gasteiger partial charge in [-0.25, -0.2) is 0 Å². The topological polar surface area (TPSA) is 58.4 Å². The van der Waals surface area contributed by atoms with Crippen LogP contribution in [-0.4, -0.2) is 36.5 Å². The number of hydrogen-bond acceptors (Lipinski definition) is 4. The molecule has 3 aliphatic rings. The molecule has 1 aromatic heterocycles. The van der Waals surface area contributed by atoms with Crippen LogP contribution in [0.5, 0.6) is 0 Å². The summed E-state index contributed by atoms with van der Waals surface area (Å²) in [5.41, 5.74) is 7.63. The average molecular weight is 348 g/mol. The molecule has 1 spiro atoms. The molecule has 5 heteroatoms. The lowest BCUT2D eigenvalue weighted by atomic mass is 9.91. The normalized spacial score (nSPS) is 31.3. The lowest BCUT2D eigenvalue weighted by Gasteiger charge is -2.32. The highest BCUT2D eigenvalue weighted by Gasteiger charge is 2.58. The number of carbonyl (C=O) groups excluding carboxylic acids is 1. The van der Waals surface area contributed by atoms with Crippen LogP contribution in [0.4, 0.5) is 0 Å². The molecule has 24 heavy (non-hydrogen) atoms. The molecule has 132 valence electrons. The minimum absolute atomic E-state index is 0.160. The number of rotatable bonds is 5. The maximum Gasteiger partial charge on any atom is 0.226 e. The van der Waals surface area contributed by atoms with Gasteiger partial charge in [0.1, 0.15) is 0 Å². The van der Waals surface area contributed by atoms with Gasteiger partial charge in [-0.1, -0.05) is 6.42 Å². The van der Waals surface area contributed by atoms with Crippen molar-refractivity contribution in [1.82, 2.24) is 10.2 Å². The number of hydrogen-bond donors (Lipinski definition) is 2. The molecule has 0 radical (unpaired) electrons. The monoisotopic (exact) mass is 347 g/mol. The van der Waals surface area contributed by atoms with Crippen molar-refractivity contribution in [3.05, 3.63) is 22.4 Å². The largest absolute Gasteiger partial charge is 0.335 e. The van der Waals surface area contributed by atoms with Gasteiger partial charge >= 0.3 is 0 Å². The van der Waals surface area contributed by atoms with E-state index >= 15 is 0 Å². The highest BCUT2D eigenvalue weighted by Crippen LogP contribution is 2.56. The van der Waals surface area contributed by atoms with Gasteiger partial charge in [0, 0.05) is 18.5 Å². The molecule has 0 bridgehead atoms. The molecule has 2 aliphatic carbocycles. The van der Waals surface area contributed by atoms with Gasteiger partial charge in [0.2, 0.25) is 5.91 Å². The molecule has 1 aromatic rings. The first-order valence-corrected chi connectivity index (χ1v) is 10.4. The quantitative estimate of drug-likeness (QED) is 0.861. The first-order valence-electron chi connectivity index (χ1n) is 9.46. The van der Waals surface area contributed by atoms with E-state index in [2.05, 4.69) is 27.0 Å². The summed E-state index contributed by atoms with van der Waals surface area (Å²) in [6, 6.07) is 2.61. The van der Waals surface area contributed by atoms with Crippen molar-refractivity contribution in [2.45, 2.75) is 51.1 Å². The van der Waals surface area contributed by atoms with Crippen LogP contribution in [0, 0.1) is 17.3 Å². The van der Waals surface area contributed by atoms with Crippen molar-refractivity contribution >= 4 is 17.2 Å². The van der Waals surface area contributed by atoms with E-state index in [9.17, 15) is 4.79 Å². The molecule has 0 aromatic carbocycles. The van der Waals surface area contributed by atoms with Gasteiger partial charge in [-0.15, -0.1) is 0 Å². The van der Waals surface area contributed by atoms with Gasteiger partial charge in [-0.05, 0) is 85.5 Å². The number of piperidine rings is 1. The van der Waals surface area contributed by atoms with E-state index in [-0.39, 0.29) is 5.92 Å². The minimum atomic E-state index is 0.160. The second-order valence-corrected chi connectivity index (χ2v) is 8.74. The number of nitrogens with two attached hydrogens (primary N) is 1. The lowest BCUT2D eigenvalue weighted by Crippen LogP contribution is -2.43. The molecule has 3 atom stereocenters. The predicted molar refractivity (Wildman–Crippen MR) is 97.7 cm³/mol. The van der Waals surface area contributed by atoms with E-state index in [1.165, 1.54) is 24.8 Å². The molecule has 4 nitrogen and oxygen atoms in total. The summed E-state index contributed by atoms with van der Waals surface area (Å²) in [4.78, 5) is 15.6. The third-order valence-electron chi connectivity index (χ3n) is 6.62. The Kier molecular flexibility index (Phi) is 4.67. The number of nitrogens with one attached hydrogen (secondary N) is 1. The fourth-order valence-corrected chi connectivity index (χ4v) is 5.67. The van der Waals surface area contributed by atoms with E-state index in [0.29, 0.717) is 29.8 Å². The van der Waals surface area contributed by atoms with Crippen molar-refractivity contribution in [2.75, 3.05) is 19.6 Å². The first kappa shape index (κ1) is 16.6. The zero-order valence-corrected chi connectivity index (χ0v) is 15.2. The van der Waals surface area contributed by atoms with E-state index < -0.39 is 0 Å². The summed E-state index contributed by atoms with van der Waals surface area (Å²) >= 11 is 1.72. The summed E-state index contributed by atoms with van der Waals surface area (Å²) in [6.07, 6.45) is 6.95. The van der Waals surface area contributed by atoms with Crippen LogP contribution in [0.1, 0.15) is 44.1 Å². The van der Waals surface area contributed by atoms with Gasteiger partial charge in [0.25, 0.3) is 0 Å². The fraction of sp³-hybridized carbons (Fsp3) is 0.737. The molecular weight excluding hydrogens is 318 g/mol. The summed E-state index contributed by atoms with van der Waals surface area (Å²) in [5.74, 6) is 0.938. The molecule has 1 aliphatic heterocycles. The number of carbonyl (C=O) groups is 1. The molecule has 1 saturated heterocycles. The van der Waals surface area contributed by atoms with Crippen LogP contribution in [0.15, 0.2) is 16.8 Å². The molecule has 1 amide bonds. The predicted octanol–water partition coefficient (Wildman–Crippen LogP) is 2.59. The van der Waals surface area contributed by atoms with Crippen molar-refractivity contribution in [2.24, 2.45) is 23.0 Å². The van der Waals surface area contributed by atoms with E-state index in [1.807, 2.05) is 0 Å². The van der Waals surface area contributed by atoms with Gasteiger partial charge in [0.05, 0.1) is 0 Å². The molecule has 2 saturated carbocycles. The lowest BCUT2D eigenvalue weighted by molar-refractivity contribution is -0.138. The Labute approximate surface area is 148 Å². The second kappa shape index (κ2) is 6.77. The summed E-state index contributed by atoms with van der Waals surface area (Å²) in [6.45, 7) is 3.65. The van der Waals surface area contributed by atoms with Crippen LogP contribution in [0.3, 0.4) is 0 Å². The molecule has 3 N–H and O–H groups in total. The zero-order valence-electron chi connectivity index (χ0n) is 14.4. The summed E-state index contributed by atoms with van der Waals surface area (Å²) in [5, 5.41) is 7.77. The van der Waals surface area contributed by atoms with E-state index in [4.69, 9.17) is 5.73 Å². The van der Waals surface area contributed by atoms with Crippen LogP contribution in [-0.2, 0) is 11.3 Å². The zero-order chi connectivity index (χ0) is 16.6. The maximum atomic E-state index is 13.4. The molecule has 1 unspecified atom stereocenters. The van der Waals surface area contributed by atoms with Crippen molar-refractivity contribution in [3.63, 3.8) is 0 Å². The summed E-state index contributed by atoms with van der Waals surface area (Å²) < 4.78 is 0. The van der Waals surface area contributed by atoms with Gasteiger partial charge in [0.15, 0.2) is 0 Å². The Hall–Kier alpha value is -0.910. The molecular formula is C19H29N3OS. The fourth-order valence-electron chi connectivity index (χ4n) is 5.01. The Balaban J connectivity index is 1.53. The Morgan fingerprint density at radius 1 is 1.38 bits per heavy atom. The maximum absolute atomic E-state index is 13.4. The van der Waals surface area contributed by atoms with Gasteiger partial charge in [-0.3, -0.25) is 4.79 Å². The Morgan fingerprint density at radius 3 is 2.92 bits per heavy atom. The second-order valence-electron chi connectivity index (χ2n) is 7.96. The van der Waals surface area contributed by atoms with E-state index in [0.717, 1.165) is 38.9 Å². The Morgan fingerprint density at radius 2 is 2.21 bits per heavy atom.